The second-order valence-electron chi connectivity index (χ2n) is 7.83. The van der Waals surface area contributed by atoms with Crippen molar-refractivity contribution in [2.45, 2.75) is 45.1 Å². The number of urea groups is 1. The average Bonchev–Trinajstić information content (AvgIpc) is 2.80. The van der Waals surface area contributed by atoms with Crippen LogP contribution in [0.3, 0.4) is 0 Å². The van der Waals surface area contributed by atoms with Crippen molar-refractivity contribution in [3.63, 3.8) is 0 Å². The quantitative estimate of drug-likeness (QED) is 0.822. The van der Waals surface area contributed by atoms with Crippen molar-refractivity contribution >= 4 is 11.9 Å². The maximum Gasteiger partial charge on any atom is 0.325 e. The number of hydrogen-bond acceptors (Lipinski definition) is 3. The van der Waals surface area contributed by atoms with E-state index in [1.54, 1.807) is 0 Å². The zero-order valence-electron chi connectivity index (χ0n) is 16.5. The molecule has 28 heavy (non-hydrogen) atoms. The molecule has 5 heteroatoms. The largest absolute Gasteiger partial charge is 0.492 e. The van der Waals surface area contributed by atoms with Crippen molar-refractivity contribution in [3.8, 4) is 5.75 Å². The van der Waals surface area contributed by atoms with Crippen LogP contribution in [-0.4, -0.2) is 30.0 Å². The third kappa shape index (κ3) is 3.26. The molecule has 1 atom stereocenters. The van der Waals surface area contributed by atoms with Crippen molar-refractivity contribution in [1.29, 1.82) is 0 Å². The zero-order valence-corrected chi connectivity index (χ0v) is 16.5. The van der Waals surface area contributed by atoms with Gasteiger partial charge < -0.3 is 10.1 Å². The lowest BCUT2D eigenvalue weighted by atomic mass is 9.84. The number of fused-ring (bicyclic) bond motifs is 2. The maximum absolute atomic E-state index is 13.3. The summed E-state index contributed by atoms with van der Waals surface area (Å²) >= 11 is 0. The molecule has 1 N–H and O–H groups in total. The molecule has 0 radical (unpaired) electrons. The first kappa shape index (κ1) is 18.5. The molecule has 1 saturated heterocycles. The molecule has 146 valence electrons. The van der Waals surface area contributed by atoms with E-state index in [0.29, 0.717) is 6.42 Å². The van der Waals surface area contributed by atoms with E-state index in [4.69, 9.17) is 4.74 Å². The number of imide groups is 1. The predicted octanol–water partition coefficient (Wildman–Crippen LogP) is 3.86. The summed E-state index contributed by atoms with van der Waals surface area (Å²) in [7, 11) is 0. The third-order valence-corrected chi connectivity index (χ3v) is 5.68. The van der Waals surface area contributed by atoms with Crippen LogP contribution in [0.1, 0.15) is 41.5 Å². The van der Waals surface area contributed by atoms with E-state index < -0.39 is 5.54 Å². The Morgan fingerprint density at radius 3 is 2.61 bits per heavy atom. The molecule has 3 amide bonds. The van der Waals surface area contributed by atoms with Gasteiger partial charge in [-0.15, -0.1) is 0 Å². The van der Waals surface area contributed by atoms with E-state index >= 15 is 0 Å². The molecule has 0 bridgehead atoms. The molecular weight excluding hydrogens is 352 g/mol. The van der Waals surface area contributed by atoms with Crippen molar-refractivity contribution in [1.82, 2.24) is 10.2 Å². The Kier molecular flexibility index (Phi) is 4.84. The SMILES string of the molecule is Cc1cc(C)cc(OCCN2C(=O)N[C@@]3(CCCCc4ccccc43)C2=O)c1. The Morgan fingerprint density at radius 1 is 1.07 bits per heavy atom. The van der Waals surface area contributed by atoms with Crippen LogP contribution in [0.25, 0.3) is 0 Å². The van der Waals surface area contributed by atoms with Crippen LogP contribution in [0.5, 0.6) is 5.75 Å². The number of ether oxygens (including phenoxy) is 1. The normalized spacial score (nSPS) is 21.4. The average molecular weight is 378 g/mol. The van der Waals surface area contributed by atoms with E-state index in [-0.39, 0.29) is 25.1 Å². The summed E-state index contributed by atoms with van der Waals surface area (Å²) in [5.74, 6) is 0.606. The van der Waals surface area contributed by atoms with Crippen LogP contribution in [0.4, 0.5) is 4.79 Å². The van der Waals surface area contributed by atoms with Gasteiger partial charge in [-0.25, -0.2) is 4.79 Å². The summed E-state index contributed by atoms with van der Waals surface area (Å²) in [6.45, 7) is 4.55. The van der Waals surface area contributed by atoms with E-state index in [1.165, 1.54) is 4.90 Å². The molecule has 5 nitrogen and oxygen atoms in total. The first-order valence-corrected chi connectivity index (χ1v) is 9.93. The molecule has 4 rings (SSSR count). The van der Waals surface area contributed by atoms with Gasteiger partial charge in [0.25, 0.3) is 5.91 Å². The number of amides is 3. The summed E-state index contributed by atoms with van der Waals surface area (Å²) in [5, 5.41) is 3.01. The molecule has 1 spiro atoms. The molecule has 2 aliphatic rings. The fourth-order valence-electron chi connectivity index (χ4n) is 4.45. The molecule has 0 saturated carbocycles. The molecule has 2 aromatic rings. The molecule has 2 aromatic carbocycles. The number of nitrogens with one attached hydrogen (secondary N) is 1. The topological polar surface area (TPSA) is 58.6 Å². The first-order chi connectivity index (χ1) is 13.5. The molecule has 0 unspecified atom stereocenters. The third-order valence-electron chi connectivity index (χ3n) is 5.68. The Labute approximate surface area is 165 Å². The van der Waals surface area contributed by atoms with Gasteiger partial charge in [-0.1, -0.05) is 30.3 Å². The van der Waals surface area contributed by atoms with Crippen LogP contribution in [-0.2, 0) is 16.8 Å². The highest BCUT2D eigenvalue weighted by Crippen LogP contribution is 2.38. The molecule has 1 aliphatic carbocycles. The highest BCUT2D eigenvalue weighted by Gasteiger charge is 2.53. The predicted molar refractivity (Wildman–Crippen MR) is 107 cm³/mol. The number of carbonyl (C=O) groups excluding carboxylic acids is 2. The Bertz CT molecular complexity index is 904. The van der Waals surface area contributed by atoms with Gasteiger partial charge >= 0.3 is 6.03 Å². The number of aryl methyl sites for hydroxylation is 3. The molecule has 1 aliphatic heterocycles. The molecule has 0 aromatic heterocycles. The Balaban J connectivity index is 1.51. The summed E-state index contributed by atoms with van der Waals surface area (Å²) in [6, 6.07) is 13.7. The van der Waals surface area contributed by atoms with E-state index in [9.17, 15) is 9.59 Å². The minimum absolute atomic E-state index is 0.157. The van der Waals surface area contributed by atoms with Crippen molar-refractivity contribution in [2.75, 3.05) is 13.2 Å². The number of hydrogen-bond donors (Lipinski definition) is 1. The molecule has 1 fully saturated rings. The lowest BCUT2D eigenvalue weighted by Gasteiger charge is -2.27. The van der Waals surface area contributed by atoms with Crippen molar-refractivity contribution < 1.29 is 14.3 Å². The Morgan fingerprint density at radius 2 is 1.82 bits per heavy atom. The van der Waals surface area contributed by atoms with Crippen LogP contribution in [0.2, 0.25) is 0 Å². The van der Waals surface area contributed by atoms with Gasteiger partial charge in [0.2, 0.25) is 0 Å². The summed E-state index contributed by atoms with van der Waals surface area (Å²) in [4.78, 5) is 27.3. The van der Waals surface area contributed by atoms with Gasteiger partial charge in [-0.2, -0.15) is 0 Å². The van der Waals surface area contributed by atoms with Crippen molar-refractivity contribution in [2.24, 2.45) is 0 Å². The van der Waals surface area contributed by atoms with Gasteiger partial charge in [-0.05, 0) is 73.9 Å². The fraction of sp³-hybridized carbons (Fsp3) is 0.391. The fourth-order valence-corrected chi connectivity index (χ4v) is 4.45. The highest BCUT2D eigenvalue weighted by molar-refractivity contribution is 6.07. The zero-order chi connectivity index (χ0) is 19.7. The van der Waals surface area contributed by atoms with Crippen LogP contribution in [0, 0.1) is 13.8 Å². The van der Waals surface area contributed by atoms with E-state index in [1.807, 2.05) is 44.2 Å². The number of rotatable bonds is 4. The first-order valence-electron chi connectivity index (χ1n) is 9.93. The minimum atomic E-state index is -0.926. The number of nitrogens with zero attached hydrogens (tertiary/aromatic N) is 1. The minimum Gasteiger partial charge on any atom is -0.492 e. The van der Waals surface area contributed by atoms with Gasteiger partial charge in [0, 0.05) is 0 Å². The van der Waals surface area contributed by atoms with E-state index in [2.05, 4.69) is 17.4 Å². The molecule has 1 heterocycles. The Hall–Kier alpha value is -2.82. The number of carbonyl (C=O) groups is 2. The molecular formula is C23H26N2O3. The van der Waals surface area contributed by atoms with Gasteiger partial charge in [0.1, 0.15) is 17.9 Å². The summed E-state index contributed by atoms with van der Waals surface area (Å²) < 4.78 is 5.82. The summed E-state index contributed by atoms with van der Waals surface area (Å²) in [6.07, 6.45) is 3.52. The second-order valence-corrected chi connectivity index (χ2v) is 7.83. The standard InChI is InChI=1S/C23H26N2O3/c1-16-13-17(2)15-19(14-16)28-12-11-25-21(26)23(24-22(25)27)10-6-5-8-18-7-3-4-9-20(18)23/h3-4,7,9,13-15H,5-6,8,10-12H2,1-2H3,(H,24,27)/t23-/m1/s1. The maximum atomic E-state index is 13.3. The van der Waals surface area contributed by atoms with Crippen LogP contribution >= 0.6 is 0 Å². The van der Waals surface area contributed by atoms with Crippen molar-refractivity contribution in [3.05, 3.63) is 64.7 Å². The lowest BCUT2D eigenvalue weighted by molar-refractivity contribution is -0.132. The van der Waals surface area contributed by atoms with Gasteiger partial charge in [-0.3, -0.25) is 9.69 Å². The monoisotopic (exact) mass is 378 g/mol. The van der Waals surface area contributed by atoms with Crippen LogP contribution < -0.4 is 10.1 Å². The van der Waals surface area contributed by atoms with Crippen LogP contribution in [0.15, 0.2) is 42.5 Å². The van der Waals surface area contributed by atoms with Gasteiger partial charge in [0.05, 0.1) is 6.54 Å². The number of benzene rings is 2. The van der Waals surface area contributed by atoms with Gasteiger partial charge in [0.15, 0.2) is 0 Å². The summed E-state index contributed by atoms with van der Waals surface area (Å²) in [5.41, 5.74) is 3.42. The highest BCUT2D eigenvalue weighted by atomic mass is 16.5. The smallest absolute Gasteiger partial charge is 0.325 e. The lowest BCUT2D eigenvalue weighted by Crippen LogP contribution is -2.44. The van der Waals surface area contributed by atoms with E-state index in [0.717, 1.165) is 47.3 Å². The second kappa shape index (κ2) is 7.30.